The average molecular weight is 333 g/mol. The van der Waals surface area contributed by atoms with Crippen LogP contribution in [-0.2, 0) is 13.0 Å². The molecule has 1 aliphatic heterocycles. The molecule has 0 aromatic heterocycles. The van der Waals surface area contributed by atoms with Crippen molar-refractivity contribution in [2.45, 2.75) is 19.4 Å². The molecule has 4 heteroatoms. The molecule has 0 saturated carbocycles. The number of fused-ring (bicyclic) bond motifs is 1. The zero-order valence-electron chi connectivity index (χ0n) is 11.2. The van der Waals surface area contributed by atoms with Gasteiger partial charge in [0.05, 0.1) is 18.0 Å². The summed E-state index contributed by atoms with van der Waals surface area (Å²) in [5.74, 6) is 1.03. The van der Waals surface area contributed by atoms with Crippen molar-refractivity contribution in [3.8, 4) is 5.75 Å². The molecule has 0 radical (unpaired) electrons. The first-order valence-electron chi connectivity index (χ1n) is 6.76. The summed E-state index contributed by atoms with van der Waals surface area (Å²) < 4.78 is 6.62. The molecular formula is C16H17BrN2O. The van der Waals surface area contributed by atoms with Gasteiger partial charge in [0, 0.05) is 11.0 Å². The quantitative estimate of drug-likeness (QED) is 0.836. The first-order valence-corrected chi connectivity index (χ1v) is 7.55. The number of halogens is 1. The molecule has 0 fully saturated rings. The summed E-state index contributed by atoms with van der Waals surface area (Å²) in [6.45, 7) is 1.60. The van der Waals surface area contributed by atoms with E-state index in [0.717, 1.165) is 47.6 Å². The highest BCUT2D eigenvalue weighted by molar-refractivity contribution is 9.10. The fourth-order valence-electron chi connectivity index (χ4n) is 2.42. The van der Waals surface area contributed by atoms with Gasteiger partial charge in [0.1, 0.15) is 5.75 Å². The number of benzene rings is 2. The predicted molar refractivity (Wildman–Crippen MR) is 86.1 cm³/mol. The van der Waals surface area contributed by atoms with Gasteiger partial charge < -0.3 is 15.8 Å². The molecule has 0 spiro atoms. The molecule has 3 rings (SSSR count). The maximum Gasteiger partial charge on any atom is 0.122 e. The summed E-state index contributed by atoms with van der Waals surface area (Å²) in [6, 6.07) is 12.3. The van der Waals surface area contributed by atoms with Crippen LogP contribution in [0.3, 0.4) is 0 Å². The van der Waals surface area contributed by atoms with Crippen LogP contribution in [0, 0.1) is 0 Å². The van der Waals surface area contributed by atoms with E-state index in [-0.39, 0.29) is 0 Å². The van der Waals surface area contributed by atoms with Crippen LogP contribution < -0.4 is 15.8 Å². The van der Waals surface area contributed by atoms with Crippen molar-refractivity contribution in [2.24, 2.45) is 0 Å². The number of nitrogen functional groups attached to an aromatic ring is 1. The second-order valence-electron chi connectivity index (χ2n) is 4.98. The Morgan fingerprint density at radius 1 is 1.20 bits per heavy atom. The van der Waals surface area contributed by atoms with Crippen LogP contribution in [0.4, 0.5) is 11.4 Å². The Morgan fingerprint density at radius 2 is 2.10 bits per heavy atom. The highest BCUT2D eigenvalue weighted by Gasteiger charge is 2.10. The Bertz CT molecular complexity index is 628. The number of anilines is 2. The van der Waals surface area contributed by atoms with Crippen molar-refractivity contribution < 1.29 is 4.74 Å². The summed E-state index contributed by atoms with van der Waals surface area (Å²) >= 11 is 3.41. The van der Waals surface area contributed by atoms with Crippen LogP contribution in [-0.4, -0.2) is 6.61 Å². The van der Waals surface area contributed by atoms with Gasteiger partial charge in [0.25, 0.3) is 0 Å². The van der Waals surface area contributed by atoms with E-state index in [2.05, 4.69) is 39.4 Å². The van der Waals surface area contributed by atoms with E-state index in [0.29, 0.717) is 0 Å². The van der Waals surface area contributed by atoms with Crippen molar-refractivity contribution in [2.75, 3.05) is 17.7 Å². The first kappa shape index (κ1) is 13.3. The molecule has 0 unspecified atom stereocenters. The molecule has 0 saturated heterocycles. The number of rotatable bonds is 3. The van der Waals surface area contributed by atoms with Crippen LogP contribution in [0.2, 0.25) is 0 Å². The lowest BCUT2D eigenvalue weighted by atomic mass is 10.0. The summed E-state index contributed by atoms with van der Waals surface area (Å²) in [4.78, 5) is 0. The Balaban J connectivity index is 1.72. The molecule has 1 aliphatic rings. The van der Waals surface area contributed by atoms with E-state index in [1.54, 1.807) is 0 Å². The van der Waals surface area contributed by atoms with Gasteiger partial charge in [-0.15, -0.1) is 0 Å². The number of hydrogen-bond acceptors (Lipinski definition) is 3. The van der Waals surface area contributed by atoms with Crippen LogP contribution in [0.15, 0.2) is 40.9 Å². The number of ether oxygens (including phenoxy) is 1. The van der Waals surface area contributed by atoms with E-state index in [4.69, 9.17) is 10.5 Å². The number of nitrogens with one attached hydrogen (secondary N) is 1. The maximum absolute atomic E-state index is 5.98. The van der Waals surface area contributed by atoms with Gasteiger partial charge in [-0.2, -0.15) is 0 Å². The molecule has 2 aromatic carbocycles. The Labute approximate surface area is 127 Å². The predicted octanol–water partition coefficient (Wildman–Crippen LogP) is 3.97. The Kier molecular flexibility index (Phi) is 3.83. The van der Waals surface area contributed by atoms with E-state index in [9.17, 15) is 0 Å². The van der Waals surface area contributed by atoms with Gasteiger partial charge in [-0.05, 0) is 48.2 Å². The minimum absolute atomic E-state index is 0.751. The molecule has 104 valence electrons. The third-order valence-electron chi connectivity index (χ3n) is 3.47. The Hall–Kier alpha value is -1.68. The highest BCUT2D eigenvalue weighted by Crippen LogP contribution is 2.27. The van der Waals surface area contributed by atoms with Crippen LogP contribution in [0.1, 0.15) is 17.5 Å². The smallest absolute Gasteiger partial charge is 0.122 e. The fraction of sp³-hybridized carbons (Fsp3) is 0.250. The maximum atomic E-state index is 5.98. The van der Waals surface area contributed by atoms with Crippen LogP contribution >= 0.6 is 15.9 Å². The van der Waals surface area contributed by atoms with E-state index in [1.165, 1.54) is 11.1 Å². The standard InChI is InChI=1S/C16H17BrN2O/c17-13-4-5-15(14(18)9-13)19-10-11-3-6-16-12(8-11)2-1-7-20-16/h3-6,8-9,19H,1-2,7,10,18H2. The largest absolute Gasteiger partial charge is 0.493 e. The van der Waals surface area contributed by atoms with Gasteiger partial charge >= 0.3 is 0 Å². The molecule has 3 N–H and O–H groups in total. The van der Waals surface area contributed by atoms with Crippen LogP contribution in [0.25, 0.3) is 0 Å². The van der Waals surface area contributed by atoms with Gasteiger partial charge in [0.15, 0.2) is 0 Å². The molecule has 0 atom stereocenters. The fourth-order valence-corrected chi connectivity index (χ4v) is 2.79. The van der Waals surface area contributed by atoms with Crippen LogP contribution in [0.5, 0.6) is 5.75 Å². The van der Waals surface area contributed by atoms with E-state index in [1.807, 2.05) is 18.2 Å². The lowest BCUT2D eigenvalue weighted by molar-refractivity contribution is 0.288. The average Bonchev–Trinajstić information content (AvgIpc) is 2.46. The second-order valence-corrected chi connectivity index (χ2v) is 5.89. The third-order valence-corrected chi connectivity index (χ3v) is 3.96. The molecule has 0 amide bonds. The number of hydrogen-bond donors (Lipinski definition) is 2. The SMILES string of the molecule is Nc1cc(Br)ccc1NCc1ccc2c(c1)CCCO2. The van der Waals surface area contributed by atoms with Gasteiger partial charge in [-0.25, -0.2) is 0 Å². The van der Waals surface area contributed by atoms with E-state index >= 15 is 0 Å². The molecule has 1 heterocycles. The lowest BCUT2D eigenvalue weighted by Gasteiger charge is -2.18. The summed E-state index contributed by atoms with van der Waals surface area (Å²) in [6.07, 6.45) is 2.20. The summed E-state index contributed by atoms with van der Waals surface area (Å²) in [7, 11) is 0. The molecule has 20 heavy (non-hydrogen) atoms. The molecule has 0 bridgehead atoms. The van der Waals surface area contributed by atoms with E-state index < -0.39 is 0 Å². The normalized spacial score (nSPS) is 13.4. The zero-order valence-corrected chi connectivity index (χ0v) is 12.7. The van der Waals surface area contributed by atoms with Crippen molar-refractivity contribution in [3.05, 3.63) is 52.0 Å². The summed E-state index contributed by atoms with van der Waals surface area (Å²) in [5, 5.41) is 3.38. The first-order chi connectivity index (χ1) is 9.72. The zero-order chi connectivity index (χ0) is 13.9. The van der Waals surface area contributed by atoms with Gasteiger partial charge in [-0.1, -0.05) is 28.1 Å². The number of nitrogens with two attached hydrogens (primary N) is 1. The minimum Gasteiger partial charge on any atom is -0.493 e. The minimum atomic E-state index is 0.751. The molecule has 0 aliphatic carbocycles. The molecule has 2 aromatic rings. The Morgan fingerprint density at radius 3 is 2.95 bits per heavy atom. The number of aryl methyl sites for hydroxylation is 1. The molecular weight excluding hydrogens is 316 g/mol. The van der Waals surface area contributed by atoms with Crippen molar-refractivity contribution in [1.29, 1.82) is 0 Å². The second kappa shape index (κ2) is 5.75. The third kappa shape index (κ3) is 2.90. The topological polar surface area (TPSA) is 47.3 Å². The highest BCUT2D eigenvalue weighted by atomic mass is 79.9. The molecule has 3 nitrogen and oxygen atoms in total. The van der Waals surface area contributed by atoms with Crippen molar-refractivity contribution in [3.63, 3.8) is 0 Å². The van der Waals surface area contributed by atoms with Gasteiger partial charge in [0.2, 0.25) is 0 Å². The van der Waals surface area contributed by atoms with Crippen molar-refractivity contribution >= 4 is 27.3 Å². The van der Waals surface area contributed by atoms with Gasteiger partial charge in [-0.3, -0.25) is 0 Å². The summed E-state index contributed by atoms with van der Waals surface area (Å²) in [5.41, 5.74) is 10.2. The lowest BCUT2D eigenvalue weighted by Crippen LogP contribution is -2.09. The van der Waals surface area contributed by atoms with Crippen molar-refractivity contribution in [1.82, 2.24) is 0 Å². The monoisotopic (exact) mass is 332 g/mol.